The van der Waals surface area contributed by atoms with Crippen molar-refractivity contribution >= 4 is 5.91 Å². The first-order valence-electron chi connectivity index (χ1n) is 6.79. The van der Waals surface area contributed by atoms with Crippen LogP contribution in [0.25, 0.3) is 0 Å². The fourth-order valence-corrected chi connectivity index (χ4v) is 2.95. The summed E-state index contributed by atoms with van der Waals surface area (Å²) in [6, 6.07) is 0. The Morgan fingerprint density at radius 3 is 3.00 bits per heavy atom. The van der Waals surface area contributed by atoms with Gasteiger partial charge in [-0.25, -0.2) is 0 Å². The Kier molecular flexibility index (Phi) is 3.07. The fourth-order valence-electron chi connectivity index (χ4n) is 2.95. The van der Waals surface area contributed by atoms with E-state index in [0.717, 1.165) is 49.9 Å². The maximum atomic E-state index is 12.4. The molecule has 1 unspecified atom stereocenters. The molecule has 0 saturated carbocycles. The van der Waals surface area contributed by atoms with Crippen molar-refractivity contribution < 1.29 is 9.90 Å². The zero-order valence-corrected chi connectivity index (χ0v) is 10.5. The zero-order chi connectivity index (χ0) is 12.5. The smallest absolute Gasteiger partial charge is 0.274 e. The molecule has 1 fully saturated rings. The summed E-state index contributed by atoms with van der Waals surface area (Å²) in [7, 11) is 0. The number of rotatable bonds is 1. The Morgan fingerprint density at radius 2 is 2.17 bits per heavy atom. The molecule has 1 aromatic heterocycles. The van der Waals surface area contributed by atoms with Crippen LogP contribution in [0.5, 0.6) is 0 Å². The molecule has 5 nitrogen and oxygen atoms in total. The topological polar surface area (TPSA) is 69.2 Å². The second kappa shape index (κ2) is 4.72. The van der Waals surface area contributed by atoms with Crippen LogP contribution in [0.15, 0.2) is 0 Å². The van der Waals surface area contributed by atoms with E-state index >= 15 is 0 Å². The van der Waals surface area contributed by atoms with Gasteiger partial charge in [0.25, 0.3) is 5.91 Å². The van der Waals surface area contributed by atoms with Gasteiger partial charge in [0, 0.05) is 24.3 Å². The second-order valence-corrected chi connectivity index (χ2v) is 5.28. The van der Waals surface area contributed by atoms with Crippen LogP contribution in [0.3, 0.4) is 0 Å². The highest BCUT2D eigenvalue weighted by Gasteiger charge is 2.28. The maximum Gasteiger partial charge on any atom is 0.274 e. The molecule has 2 heterocycles. The van der Waals surface area contributed by atoms with Gasteiger partial charge >= 0.3 is 0 Å². The minimum absolute atomic E-state index is 0.0202. The van der Waals surface area contributed by atoms with E-state index in [4.69, 9.17) is 0 Å². The third-order valence-electron chi connectivity index (χ3n) is 3.94. The third kappa shape index (κ3) is 2.03. The zero-order valence-electron chi connectivity index (χ0n) is 10.5. The second-order valence-electron chi connectivity index (χ2n) is 5.28. The third-order valence-corrected chi connectivity index (χ3v) is 3.94. The van der Waals surface area contributed by atoms with Gasteiger partial charge in [-0.15, -0.1) is 0 Å². The van der Waals surface area contributed by atoms with Crippen molar-refractivity contribution in [2.75, 3.05) is 13.1 Å². The number of carbonyl (C=O) groups is 1. The molecule has 1 amide bonds. The summed E-state index contributed by atoms with van der Waals surface area (Å²) in [5.41, 5.74) is 2.81. The summed E-state index contributed by atoms with van der Waals surface area (Å²) in [5.74, 6) is -0.0202. The number of fused-ring (bicyclic) bond motifs is 1. The van der Waals surface area contributed by atoms with Gasteiger partial charge < -0.3 is 10.0 Å². The number of hydrogen-bond acceptors (Lipinski definition) is 3. The lowest BCUT2D eigenvalue weighted by Crippen LogP contribution is -2.42. The molecule has 2 N–H and O–H groups in total. The molecule has 5 heteroatoms. The van der Waals surface area contributed by atoms with Crippen molar-refractivity contribution in [3.8, 4) is 0 Å². The number of aromatic nitrogens is 2. The van der Waals surface area contributed by atoms with Crippen molar-refractivity contribution in [2.45, 2.75) is 44.6 Å². The van der Waals surface area contributed by atoms with E-state index in [1.807, 2.05) is 0 Å². The van der Waals surface area contributed by atoms with Crippen LogP contribution in [0.2, 0.25) is 0 Å². The van der Waals surface area contributed by atoms with Crippen molar-refractivity contribution in [3.63, 3.8) is 0 Å². The van der Waals surface area contributed by atoms with Gasteiger partial charge in [-0.2, -0.15) is 5.10 Å². The van der Waals surface area contributed by atoms with Gasteiger partial charge in [-0.1, -0.05) is 0 Å². The average molecular weight is 249 g/mol. The summed E-state index contributed by atoms with van der Waals surface area (Å²) in [5, 5.41) is 16.8. The Bertz CT molecular complexity index is 455. The highest BCUT2D eigenvalue weighted by atomic mass is 16.3. The first kappa shape index (κ1) is 11.7. The van der Waals surface area contributed by atoms with Crippen LogP contribution >= 0.6 is 0 Å². The van der Waals surface area contributed by atoms with Crippen molar-refractivity contribution in [2.24, 2.45) is 0 Å². The van der Waals surface area contributed by atoms with E-state index < -0.39 is 0 Å². The minimum atomic E-state index is -0.377. The summed E-state index contributed by atoms with van der Waals surface area (Å²) < 4.78 is 0. The lowest BCUT2D eigenvalue weighted by Gasteiger charge is -2.29. The number of piperidine rings is 1. The maximum absolute atomic E-state index is 12.4. The van der Waals surface area contributed by atoms with Gasteiger partial charge in [-0.05, 0) is 38.5 Å². The molecule has 0 spiro atoms. The standard InChI is InChI=1S/C13H19N3O2/c17-9-4-3-7-16(8-9)13(18)12-10-5-1-2-6-11(10)14-15-12/h9,17H,1-8H2,(H,14,15). The molecule has 1 atom stereocenters. The number of β-amino-alcohol motifs (C(OH)–C–C–N with tert-alkyl or cyclic N) is 1. The first-order valence-corrected chi connectivity index (χ1v) is 6.79. The van der Waals surface area contributed by atoms with Crippen LogP contribution in [0, 0.1) is 0 Å². The van der Waals surface area contributed by atoms with Crippen LogP contribution in [0.1, 0.15) is 47.4 Å². The molecule has 0 bridgehead atoms. The number of likely N-dealkylation sites (tertiary alicyclic amines) is 1. The van der Waals surface area contributed by atoms with Gasteiger partial charge in [-0.3, -0.25) is 9.89 Å². The SMILES string of the molecule is O=C(c1n[nH]c2c1CCCC2)N1CCCC(O)C1. The van der Waals surface area contributed by atoms with Crippen LogP contribution < -0.4 is 0 Å². The van der Waals surface area contributed by atoms with E-state index in [1.54, 1.807) is 4.90 Å². The van der Waals surface area contributed by atoms with Crippen LogP contribution in [-0.2, 0) is 12.8 Å². The molecule has 0 radical (unpaired) electrons. The van der Waals surface area contributed by atoms with Crippen LogP contribution in [-0.4, -0.2) is 45.3 Å². The molecule has 0 aromatic carbocycles. The highest BCUT2D eigenvalue weighted by molar-refractivity contribution is 5.94. The van der Waals surface area contributed by atoms with Gasteiger partial charge in [0.2, 0.25) is 0 Å². The molecular weight excluding hydrogens is 230 g/mol. The number of carbonyl (C=O) groups excluding carboxylic acids is 1. The average Bonchev–Trinajstić information content (AvgIpc) is 2.82. The quantitative estimate of drug-likeness (QED) is 0.776. The molecule has 3 rings (SSSR count). The van der Waals surface area contributed by atoms with E-state index in [1.165, 1.54) is 6.42 Å². The normalized spacial score (nSPS) is 23.8. The number of nitrogens with zero attached hydrogens (tertiary/aromatic N) is 2. The molecule has 2 aliphatic rings. The number of hydrogen-bond donors (Lipinski definition) is 2. The Hall–Kier alpha value is -1.36. The van der Waals surface area contributed by atoms with E-state index in [9.17, 15) is 9.90 Å². The lowest BCUT2D eigenvalue weighted by atomic mass is 9.95. The van der Waals surface area contributed by atoms with E-state index in [2.05, 4.69) is 10.2 Å². The van der Waals surface area contributed by atoms with Crippen LogP contribution in [0.4, 0.5) is 0 Å². The molecule has 1 aromatic rings. The molecule has 1 aliphatic heterocycles. The Labute approximate surface area is 106 Å². The van der Waals surface area contributed by atoms with Gasteiger partial charge in [0.1, 0.15) is 0 Å². The molecule has 98 valence electrons. The number of aryl methyl sites for hydroxylation is 1. The summed E-state index contributed by atoms with van der Waals surface area (Å²) in [4.78, 5) is 14.1. The van der Waals surface area contributed by atoms with Gasteiger partial charge in [0.05, 0.1) is 6.10 Å². The van der Waals surface area contributed by atoms with Crippen molar-refractivity contribution in [3.05, 3.63) is 17.0 Å². The van der Waals surface area contributed by atoms with Crippen molar-refractivity contribution in [1.29, 1.82) is 0 Å². The molecule has 1 saturated heterocycles. The Balaban J connectivity index is 1.81. The lowest BCUT2D eigenvalue weighted by molar-refractivity contribution is 0.0468. The number of H-pyrrole nitrogens is 1. The van der Waals surface area contributed by atoms with Gasteiger partial charge in [0.15, 0.2) is 5.69 Å². The predicted molar refractivity (Wildman–Crippen MR) is 66.4 cm³/mol. The molecular formula is C13H19N3O2. The summed E-state index contributed by atoms with van der Waals surface area (Å²) in [6.45, 7) is 1.18. The van der Waals surface area contributed by atoms with E-state index in [-0.39, 0.29) is 12.0 Å². The minimum Gasteiger partial charge on any atom is -0.391 e. The number of aliphatic hydroxyl groups is 1. The Morgan fingerprint density at radius 1 is 1.33 bits per heavy atom. The molecule has 1 aliphatic carbocycles. The van der Waals surface area contributed by atoms with Crippen molar-refractivity contribution in [1.82, 2.24) is 15.1 Å². The number of aromatic amines is 1. The first-order chi connectivity index (χ1) is 8.75. The largest absolute Gasteiger partial charge is 0.391 e. The number of aliphatic hydroxyl groups excluding tert-OH is 1. The number of amides is 1. The monoisotopic (exact) mass is 249 g/mol. The molecule has 18 heavy (non-hydrogen) atoms. The summed E-state index contributed by atoms with van der Waals surface area (Å²) in [6.07, 6.45) is 5.54. The highest BCUT2D eigenvalue weighted by Crippen LogP contribution is 2.24. The fraction of sp³-hybridized carbons (Fsp3) is 0.692. The number of nitrogens with one attached hydrogen (secondary N) is 1. The van der Waals surface area contributed by atoms with E-state index in [0.29, 0.717) is 12.2 Å². The summed E-state index contributed by atoms with van der Waals surface area (Å²) >= 11 is 0. The predicted octanol–water partition coefficient (Wildman–Crippen LogP) is 0.885.